The lowest BCUT2D eigenvalue weighted by molar-refractivity contribution is -0.132. The van der Waals surface area contributed by atoms with Crippen molar-refractivity contribution in [2.24, 2.45) is 0 Å². The first kappa shape index (κ1) is 10.9. The molecule has 1 N–H and O–H groups in total. The molecule has 1 amide bonds. The summed E-state index contributed by atoms with van der Waals surface area (Å²) in [5.41, 5.74) is 1.25. The molecule has 1 unspecified atom stereocenters. The number of ketones is 1. The summed E-state index contributed by atoms with van der Waals surface area (Å²) in [6.07, 6.45) is 2.28. The van der Waals surface area contributed by atoms with Gasteiger partial charge in [-0.25, -0.2) is 0 Å². The van der Waals surface area contributed by atoms with Gasteiger partial charge in [0, 0.05) is 12.5 Å². The predicted octanol–water partition coefficient (Wildman–Crippen LogP) is 1.47. The van der Waals surface area contributed by atoms with Crippen molar-refractivity contribution < 1.29 is 9.59 Å². The molecule has 1 aliphatic rings. The molecule has 84 valence electrons. The number of aryl methyl sites for hydroxylation is 1. The fourth-order valence-electron chi connectivity index (χ4n) is 2.02. The van der Waals surface area contributed by atoms with Gasteiger partial charge in [0.05, 0.1) is 6.42 Å². The Hall–Kier alpha value is -1.64. The van der Waals surface area contributed by atoms with Crippen LogP contribution in [0, 0.1) is 0 Å². The summed E-state index contributed by atoms with van der Waals surface area (Å²) in [5, 5.41) is 2.86. The summed E-state index contributed by atoms with van der Waals surface area (Å²) in [6.45, 7) is 0. The van der Waals surface area contributed by atoms with Crippen LogP contribution in [0.3, 0.4) is 0 Å². The molecule has 3 heteroatoms. The van der Waals surface area contributed by atoms with Crippen molar-refractivity contribution >= 4 is 11.7 Å². The van der Waals surface area contributed by atoms with E-state index in [0.29, 0.717) is 6.42 Å². The second-order valence-corrected chi connectivity index (χ2v) is 4.21. The van der Waals surface area contributed by atoms with Gasteiger partial charge in [-0.15, -0.1) is 0 Å². The Bertz CT molecular complexity index is 370. The van der Waals surface area contributed by atoms with Crippen LogP contribution in [0.5, 0.6) is 0 Å². The molecule has 0 saturated carbocycles. The smallest absolute Gasteiger partial charge is 0.227 e. The Balaban J connectivity index is 1.86. The van der Waals surface area contributed by atoms with E-state index in [0.717, 1.165) is 12.8 Å². The number of piperidine rings is 1. The van der Waals surface area contributed by atoms with Crippen LogP contribution < -0.4 is 5.32 Å². The molecule has 0 radical (unpaired) electrons. The number of amides is 1. The van der Waals surface area contributed by atoms with Gasteiger partial charge in [0.15, 0.2) is 0 Å². The summed E-state index contributed by atoms with van der Waals surface area (Å²) in [7, 11) is 0. The fraction of sp³-hybridized carbons (Fsp3) is 0.385. The molecule has 0 bridgehead atoms. The van der Waals surface area contributed by atoms with Crippen LogP contribution in [-0.2, 0) is 16.0 Å². The highest BCUT2D eigenvalue weighted by Crippen LogP contribution is 2.11. The van der Waals surface area contributed by atoms with Crippen molar-refractivity contribution in [1.82, 2.24) is 5.32 Å². The number of carbonyl (C=O) groups excluding carboxylic acids is 2. The SMILES string of the molecule is O=C1CC(=O)NC(CCc2ccccc2)C1. The molecule has 1 fully saturated rings. The van der Waals surface area contributed by atoms with Crippen molar-refractivity contribution in [2.45, 2.75) is 31.7 Å². The van der Waals surface area contributed by atoms with E-state index in [1.54, 1.807) is 0 Å². The minimum Gasteiger partial charge on any atom is -0.353 e. The van der Waals surface area contributed by atoms with Crippen LogP contribution in [0.15, 0.2) is 30.3 Å². The minimum atomic E-state index is -0.130. The average molecular weight is 217 g/mol. The van der Waals surface area contributed by atoms with Crippen molar-refractivity contribution in [3.8, 4) is 0 Å². The van der Waals surface area contributed by atoms with E-state index in [1.165, 1.54) is 5.56 Å². The zero-order valence-corrected chi connectivity index (χ0v) is 9.11. The van der Waals surface area contributed by atoms with Gasteiger partial charge in [-0.2, -0.15) is 0 Å². The maximum atomic E-state index is 11.2. The number of hydrogen-bond donors (Lipinski definition) is 1. The third kappa shape index (κ3) is 2.92. The number of carbonyl (C=O) groups is 2. The minimum absolute atomic E-state index is 0.0222. The van der Waals surface area contributed by atoms with Gasteiger partial charge in [0.2, 0.25) is 5.91 Å². The zero-order chi connectivity index (χ0) is 11.4. The van der Waals surface area contributed by atoms with Crippen LogP contribution in [0.4, 0.5) is 0 Å². The van der Waals surface area contributed by atoms with E-state index in [9.17, 15) is 9.59 Å². The largest absolute Gasteiger partial charge is 0.353 e. The van der Waals surface area contributed by atoms with Crippen LogP contribution in [0.25, 0.3) is 0 Å². The van der Waals surface area contributed by atoms with Crippen molar-refractivity contribution in [1.29, 1.82) is 0 Å². The molecular formula is C13H15NO2. The Morgan fingerprint density at radius 3 is 2.62 bits per heavy atom. The summed E-state index contributed by atoms with van der Waals surface area (Å²) in [5.74, 6) is -0.0730. The number of Topliss-reactive ketones (excluding diaryl/α,β-unsaturated/α-hetero) is 1. The summed E-state index contributed by atoms with van der Waals surface area (Å²) in [4.78, 5) is 22.4. The Kier molecular flexibility index (Phi) is 3.34. The lowest BCUT2D eigenvalue weighted by atomic mass is 9.97. The molecular weight excluding hydrogens is 202 g/mol. The van der Waals surface area contributed by atoms with E-state index in [4.69, 9.17) is 0 Å². The highest BCUT2D eigenvalue weighted by atomic mass is 16.2. The molecule has 1 aliphatic heterocycles. The van der Waals surface area contributed by atoms with E-state index >= 15 is 0 Å². The molecule has 1 atom stereocenters. The molecule has 0 spiro atoms. The first-order chi connectivity index (χ1) is 7.74. The number of benzene rings is 1. The second-order valence-electron chi connectivity index (χ2n) is 4.21. The summed E-state index contributed by atoms with van der Waals surface area (Å²) < 4.78 is 0. The summed E-state index contributed by atoms with van der Waals surface area (Å²) >= 11 is 0. The lowest BCUT2D eigenvalue weighted by Crippen LogP contribution is -2.42. The van der Waals surface area contributed by atoms with Crippen LogP contribution in [-0.4, -0.2) is 17.7 Å². The van der Waals surface area contributed by atoms with E-state index in [2.05, 4.69) is 17.4 Å². The molecule has 1 heterocycles. The van der Waals surface area contributed by atoms with E-state index in [-0.39, 0.29) is 24.2 Å². The van der Waals surface area contributed by atoms with E-state index < -0.39 is 0 Å². The van der Waals surface area contributed by atoms with Gasteiger partial charge in [0.25, 0.3) is 0 Å². The monoisotopic (exact) mass is 217 g/mol. The van der Waals surface area contributed by atoms with Crippen molar-refractivity contribution in [3.63, 3.8) is 0 Å². The van der Waals surface area contributed by atoms with Crippen LogP contribution >= 0.6 is 0 Å². The lowest BCUT2D eigenvalue weighted by Gasteiger charge is -2.22. The van der Waals surface area contributed by atoms with Gasteiger partial charge in [-0.1, -0.05) is 30.3 Å². The standard InChI is InChI=1S/C13H15NO2/c15-12-8-11(14-13(16)9-12)7-6-10-4-2-1-3-5-10/h1-5,11H,6-9H2,(H,14,16). The maximum Gasteiger partial charge on any atom is 0.227 e. The number of nitrogens with one attached hydrogen (secondary N) is 1. The molecule has 1 aromatic carbocycles. The maximum absolute atomic E-state index is 11.2. The first-order valence-electron chi connectivity index (χ1n) is 5.59. The van der Waals surface area contributed by atoms with Gasteiger partial charge in [0.1, 0.15) is 5.78 Å². The third-order valence-corrected chi connectivity index (χ3v) is 2.82. The highest BCUT2D eigenvalue weighted by molar-refractivity contribution is 6.00. The van der Waals surface area contributed by atoms with Crippen molar-refractivity contribution in [3.05, 3.63) is 35.9 Å². The van der Waals surface area contributed by atoms with Crippen LogP contribution in [0.2, 0.25) is 0 Å². The van der Waals surface area contributed by atoms with E-state index in [1.807, 2.05) is 18.2 Å². The molecule has 1 aromatic rings. The average Bonchev–Trinajstić information content (AvgIpc) is 2.27. The topological polar surface area (TPSA) is 46.2 Å². The number of hydrogen-bond acceptors (Lipinski definition) is 2. The zero-order valence-electron chi connectivity index (χ0n) is 9.11. The Labute approximate surface area is 94.9 Å². The molecule has 1 saturated heterocycles. The number of rotatable bonds is 3. The molecule has 16 heavy (non-hydrogen) atoms. The Morgan fingerprint density at radius 2 is 1.94 bits per heavy atom. The molecule has 0 aliphatic carbocycles. The molecule has 0 aromatic heterocycles. The first-order valence-corrected chi connectivity index (χ1v) is 5.59. The predicted molar refractivity (Wildman–Crippen MR) is 60.9 cm³/mol. The van der Waals surface area contributed by atoms with Crippen molar-refractivity contribution in [2.75, 3.05) is 0 Å². The third-order valence-electron chi connectivity index (χ3n) is 2.82. The van der Waals surface area contributed by atoms with Gasteiger partial charge < -0.3 is 5.32 Å². The van der Waals surface area contributed by atoms with Gasteiger partial charge >= 0.3 is 0 Å². The molecule has 3 nitrogen and oxygen atoms in total. The second kappa shape index (κ2) is 4.92. The highest BCUT2D eigenvalue weighted by Gasteiger charge is 2.23. The quantitative estimate of drug-likeness (QED) is 0.779. The van der Waals surface area contributed by atoms with Crippen LogP contribution in [0.1, 0.15) is 24.8 Å². The molecule has 2 rings (SSSR count). The van der Waals surface area contributed by atoms with Gasteiger partial charge in [-0.05, 0) is 18.4 Å². The van der Waals surface area contributed by atoms with Gasteiger partial charge in [-0.3, -0.25) is 9.59 Å². The summed E-state index contributed by atoms with van der Waals surface area (Å²) in [6, 6.07) is 10.1. The Morgan fingerprint density at radius 1 is 1.19 bits per heavy atom. The fourth-order valence-corrected chi connectivity index (χ4v) is 2.02. The normalized spacial score (nSPS) is 20.6.